The van der Waals surface area contributed by atoms with Crippen molar-refractivity contribution in [3.8, 4) is 22.5 Å². The zero-order valence-electron chi connectivity index (χ0n) is 30.0. The Morgan fingerprint density at radius 2 is 0.873 bits per heavy atom. The molecule has 3 heteroatoms. The molecule has 0 aliphatic rings. The zero-order valence-corrected chi connectivity index (χ0v) is 30.0. The first-order valence-corrected chi connectivity index (χ1v) is 18.9. The first-order chi connectivity index (χ1) is 27.3. The fourth-order valence-electron chi connectivity index (χ4n) is 8.61. The van der Waals surface area contributed by atoms with Crippen LogP contribution in [0.1, 0.15) is 0 Å². The van der Waals surface area contributed by atoms with Crippen molar-refractivity contribution in [2.75, 3.05) is 4.90 Å². The maximum atomic E-state index is 2.43. The maximum absolute atomic E-state index is 2.43. The van der Waals surface area contributed by atoms with Crippen molar-refractivity contribution in [3.63, 3.8) is 0 Å². The second kappa shape index (κ2) is 12.6. The van der Waals surface area contributed by atoms with Crippen LogP contribution in [-0.2, 0) is 0 Å². The molecule has 0 spiro atoms. The molecule has 0 N–H and O–H groups in total. The number of nitrogens with zero attached hydrogens (tertiary/aromatic N) is 3. The number of hydrogen-bond donors (Lipinski definition) is 0. The fourth-order valence-corrected chi connectivity index (χ4v) is 8.61. The second-order valence-corrected chi connectivity index (χ2v) is 14.2. The summed E-state index contributed by atoms with van der Waals surface area (Å²) in [6.45, 7) is 0. The second-order valence-electron chi connectivity index (χ2n) is 14.2. The van der Waals surface area contributed by atoms with E-state index in [4.69, 9.17) is 0 Å². The van der Waals surface area contributed by atoms with Gasteiger partial charge in [-0.2, -0.15) is 0 Å². The Labute approximate surface area is 319 Å². The highest BCUT2D eigenvalue weighted by Gasteiger charge is 2.22. The predicted octanol–water partition coefficient (Wildman–Crippen LogP) is 14.2. The summed E-state index contributed by atoms with van der Waals surface area (Å²) in [4.78, 5) is 2.43. The number of anilines is 3. The van der Waals surface area contributed by atoms with Crippen molar-refractivity contribution in [3.05, 3.63) is 212 Å². The van der Waals surface area contributed by atoms with E-state index in [1.165, 1.54) is 65.5 Å². The fraction of sp³-hybridized carbons (Fsp3) is 0. The Hall–Kier alpha value is -7.36. The summed E-state index contributed by atoms with van der Waals surface area (Å²) < 4.78 is 4.80. The molecule has 0 saturated carbocycles. The van der Waals surface area contributed by atoms with Crippen molar-refractivity contribution >= 4 is 71.4 Å². The molecule has 0 atom stereocenters. The van der Waals surface area contributed by atoms with Crippen LogP contribution in [0.15, 0.2) is 212 Å². The van der Waals surface area contributed by atoms with Crippen LogP contribution in [0.3, 0.4) is 0 Å². The number of fused-ring (bicyclic) bond motifs is 7. The lowest BCUT2D eigenvalue weighted by atomic mass is 10.0. The first kappa shape index (κ1) is 31.2. The van der Waals surface area contributed by atoms with E-state index in [1.807, 2.05) is 0 Å². The summed E-state index contributed by atoms with van der Waals surface area (Å²) in [5, 5.41) is 7.44. The van der Waals surface area contributed by atoms with Gasteiger partial charge in [0.25, 0.3) is 0 Å². The summed E-state index contributed by atoms with van der Waals surface area (Å²) in [6, 6.07) is 76.9. The van der Waals surface area contributed by atoms with Gasteiger partial charge in [0.05, 0.1) is 27.8 Å². The van der Waals surface area contributed by atoms with Crippen LogP contribution in [0.5, 0.6) is 0 Å². The van der Waals surface area contributed by atoms with Crippen LogP contribution in [0.25, 0.3) is 76.9 Å². The number of benzene rings is 9. The van der Waals surface area contributed by atoms with Crippen LogP contribution in [-0.4, -0.2) is 9.13 Å². The molecule has 258 valence electrons. The van der Waals surface area contributed by atoms with Gasteiger partial charge in [-0.1, -0.05) is 127 Å². The Morgan fingerprint density at radius 3 is 1.65 bits per heavy atom. The van der Waals surface area contributed by atoms with Gasteiger partial charge in [0.15, 0.2) is 0 Å². The molecule has 9 aromatic carbocycles. The van der Waals surface area contributed by atoms with E-state index in [1.54, 1.807) is 0 Å². The zero-order chi connectivity index (χ0) is 36.3. The molecule has 0 fully saturated rings. The third-order valence-corrected chi connectivity index (χ3v) is 11.0. The van der Waals surface area contributed by atoms with E-state index < -0.39 is 0 Å². The van der Waals surface area contributed by atoms with Crippen LogP contribution < -0.4 is 4.90 Å². The molecule has 0 radical (unpaired) electrons. The summed E-state index contributed by atoms with van der Waals surface area (Å²) in [5.74, 6) is 0. The van der Waals surface area contributed by atoms with Gasteiger partial charge in [-0.3, -0.25) is 0 Å². The molecule has 0 saturated heterocycles. The minimum Gasteiger partial charge on any atom is -0.310 e. The van der Waals surface area contributed by atoms with Gasteiger partial charge in [-0.15, -0.1) is 0 Å². The van der Waals surface area contributed by atoms with Crippen molar-refractivity contribution in [1.82, 2.24) is 9.13 Å². The normalized spacial score (nSPS) is 11.6. The highest BCUT2D eigenvalue weighted by atomic mass is 15.1. The van der Waals surface area contributed by atoms with Crippen LogP contribution in [0, 0.1) is 0 Å². The number of hydrogen-bond acceptors (Lipinski definition) is 1. The molecular formula is C52H35N3. The third-order valence-electron chi connectivity index (χ3n) is 11.0. The third kappa shape index (κ3) is 5.05. The number of rotatable bonds is 6. The average Bonchev–Trinajstić information content (AvgIpc) is 3.77. The molecule has 11 aromatic rings. The lowest BCUT2D eigenvalue weighted by molar-refractivity contribution is 1.17. The summed E-state index contributed by atoms with van der Waals surface area (Å²) >= 11 is 0. The van der Waals surface area contributed by atoms with E-state index in [9.17, 15) is 0 Å². The highest BCUT2D eigenvalue weighted by molar-refractivity contribution is 6.17. The van der Waals surface area contributed by atoms with Gasteiger partial charge in [0.1, 0.15) is 0 Å². The lowest BCUT2D eigenvalue weighted by Gasteiger charge is -2.27. The first-order valence-electron chi connectivity index (χ1n) is 18.9. The molecular weight excluding hydrogens is 667 g/mol. The summed E-state index contributed by atoms with van der Waals surface area (Å²) in [5.41, 5.74) is 12.7. The average molecular weight is 702 g/mol. The smallest absolute Gasteiger partial charge is 0.0562 e. The molecule has 0 amide bonds. The van der Waals surface area contributed by atoms with Crippen LogP contribution >= 0.6 is 0 Å². The van der Waals surface area contributed by atoms with Crippen molar-refractivity contribution < 1.29 is 0 Å². The van der Waals surface area contributed by atoms with Gasteiger partial charge in [0.2, 0.25) is 0 Å². The minimum absolute atomic E-state index is 1.09. The predicted molar refractivity (Wildman–Crippen MR) is 233 cm³/mol. The van der Waals surface area contributed by atoms with Gasteiger partial charge in [-0.25, -0.2) is 0 Å². The van der Waals surface area contributed by atoms with E-state index in [-0.39, 0.29) is 0 Å². The molecule has 2 heterocycles. The SMILES string of the molecule is c1ccc(-c2cccc(N(c3ccc(-n4c5ccccc5c5cc6ccccc6cc54)cc3)c3cccc4c3c3ccccc3n4-c3ccccc3)c2)cc1. The van der Waals surface area contributed by atoms with Crippen LogP contribution in [0.2, 0.25) is 0 Å². The van der Waals surface area contributed by atoms with Gasteiger partial charge >= 0.3 is 0 Å². The Balaban J connectivity index is 1.14. The molecule has 0 bridgehead atoms. The lowest BCUT2D eigenvalue weighted by Crippen LogP contribution is -2.11. The topological polar surface area (TPSA) is 13.1 Å². The Kier molecular flexibility index (Phi) is 7.17. The monoisotopic (exact) mass is 701 g/mol. The van der Waals surface area contributed by atoms with Gasteiger partial charge < -0.3 is 14.0 Å². The van der Waals surface area contributed by atoms with Crippen LogP contribution in [0.4, 0.5) is 17.1 Å². The van der Waals surface area contributed by atoms with E-state index >= 15 is 0 Å². The minimum atomic E-state index is 1.09. The molecule has 11 rings (SSSR count). The molecule has 3 nitrogen and oxygen atoms in total. The van der Waals surface area contributed by atoms with E-state index in [2.05, 4.69) is 226 Å². The molecule has 55 heavy (non-hydrogen) atoms. The maximum Gasteiger partial charge on any atom is 0.0562 e. The van der Waals surface area contributed by atoms with Gasteiger partial charge in [0, 0.05) is 44.3 Å². The molecule has 0 aliphatic heterocycles. The van der Waals surface area contributed by atoms with Gasteiger partial charge in [-0.05, 0) is 107 Å². The highest BCUT2D eigenvalue weighted by Crippen LogP contribution is 2.45. The van der Waals surface area contributed by atoms with E-state index in [0.29, 0.717) is 0 Å². The number of para-hydroxylation sites is 3. The van der Waals surface area contributed by atoms with Crippen molar-refractivity contribution in [2.24, 2.45) is 0 Å². The standard InChI is InChI=1S/C52H35N3/c1-3-15-36(16-4-1)37-19-13-22-43(33-37)53(49-27-14-28-50-52(49)45-24-10-12-26-48(45)54(50)40-20-5-2-6-21-40)41-29-31-42(32-30-41)55-47-25-11-9-23-44(47)46-34-38-17-7-8-18-39(38)35-51(46)55/h1-35H. The summed E-state index contributed by atoms with van der Waals surface area (Å²) in [6.07, 6.45) is 0. The Morgan fingerprint density at radius 1 is 0.309 bits per heavy atom. The quantitative estimate of drug-likeness (QED) is 0.168. The molecule has 2 aromatic heterocycles. The van der Waals surface area contributed by atoms with Crippen molar-refractivity contribution in [1.29, 1.82) is 0 Å². The van der Waals surface area contributed by atoms with Crippen molar-refractivity contribution in [2.45, 2.75) is 0 Å². The largest absolute Gasteiger partial charge is 0.310 e. The van der Waals surface area contributed by atoms with E-state index in [0.717, 1.165) is 28.4 Å². The summed E-state index contributed by atoms with van der Waals surface area (Å²) in [7, 11) is 0. The molecule has 0 unspecified atom stereocenters. The Bertz CT molecular complexity index is 3190. The molecule has 0 aliphatic carbocycles. The number of aromatic nitrogens is 2.